The lowest BCUT2D eigenvalue weighted by atomic mass is 10.1. The third-order valence-electron chi connectivity index (χ3n) is 4.25. The molecule has 29 heavy (non-hydrogen) atoms. The van der Waals surface area contributed by atoms with Gasteiger partial charge in [-0.05, 0) is 48.2 Å². The maximum atomic E-state index is 11.2. The third-order valence-corrected chi connectivity index (χ3v) is 4.25. The molecular weight excluding hydrogens is 364 g/mol. The number of amides is 1. The van der Waals surface area contributed by atoms with Crippen LogP contribution in [0.5, 0.6) is 5.75 Å². The van der Waals surface area contributed by atoms with Crippen LogP contribution in [0.4, 0.5) is 5.69 Å². The Morgan fingerprint density at radius 3 is 2.45 bits per heavy atom. The van der Waals surface area contributed by atoms with E-state index in [0.29, 0.717) is 25.0 Å². The Morgan fingerprint density at radius 1 is 1.10 bits per heavy atom. The van der Waals surface area contributed by atoms with Gasteiger partial charge in [0.25, 0.3) is 0 Å². The lowest BCUT2D eigenvalue weighted by Crippen LogP contribution is -2.38. The van der Waals surface area contributed by atoms with Gasteiger partial charge in [-0.3, -0.25) is 9.79 Å². The molecule has 3 N–H and O–H groups in total. The van der Waals surface area contributed by atoms with Gasteiger partial charge in [0.1, 0.15) is 5.75 Å². The molecule has 1 atom stereocenters. The van der Waals surface area contributed by atoms with E-state index in [4.69, 9.17) is 4.74 Å². The highest BCUT2D eigenvalue weighted by molar-refractivity contribution is 5.88. The Kier molecular flexibility index (Phi) is 8.52. The van der Waals surface area contributed by atoms with Crippen LogP contribution in [0.15, 0.2) is 53.5 Å². The molecule has 0 aliphatic heterocycles. The number of hydrogen-bond donors (Lipinski definition) is 3. The third kappa shape index (κ3) is 7.86. The highest BCUT2D eigenvalue weighted by Crippen LogP contribution is 2.18. The van der Waals surface area contributed by atoms with E-state index in [2.05, 4.69) is 53.8 Å². The second-order valence-corrected chi connectivity index (χ2v) is 7.45. The molecule has 1 unspecified atom stereocenters. The zero-order chi connectivity index (χ0) is 21.2. The average Bonchev–Trinajstić information content (AvgIpc) is 2.69. The van der Waals surface area contributed by atoms with Crippen LogP contribution in [-0.2, 0) is 11.3 Å². The average molecular weight is 397 g/mol. The molecule has 1 amide bonds. The minimum atomic E-state index is -0.0814. The number of guanidine groups is 1. The molecule has 0 bridgehead atoms. The van der Waals surface area contributed by atoms with E-state index in [9.17, 15) is 4.79 Å². The van der Waals surface area contributed by atoms with E-state index < -0.39 is 0 Å². The van der Waals surface area contributed by atoms with Crippen molar-refractivity contribution in [1.29, 1.82) is 0 Å². The Morgan fingerprint density at radius 2 is 1.83 bits per heavy atom. The van der Waals surface area contributed by atoms with Crippen LogP contribution in [0.1, 0.15) is 44.9 Å². The van der Waals surface area contributed by atoms with Gasteiger partial charge in [0.2, 0.25) is 5.91 Å². The number of carbonyl (C=O) groups is 1. The highest BCUT2D eigenvalue weighted by Gasteiger charge is 2.09. The monoisotopic (exact) mass is 396 g/mol. The second kappa shape index (κ2) is 11.1. The fraction of sp³-hybridized carbons (Fsp3) is 0.391. The summed E-state index contributed by atoms with van der Waals surface area (Å²) in [6, 6.07) is 16.0. The molecular formula is C23H32N4O2. The van der Waals surface area contributed by atoms with Gasteiger partial charge in [-0.1, -0.05) is 38.1 Å². The largest absolute Gasteiger partial charge is 0.493 e. The Balaban J connectivity index is 1.90. The molecule has 0 heterocycles. The summed E-state index contributed by atoms with van der Waals surface area (Å²) in [5.41, 5.74) is 2.99. The minimum absolute atomic E-state index is 0.0814. The van der Waals surface area contributed by atoms with E-state index in [-0.39, 0.29) is 11.9 Å². The van der Waals surface area contributed by atoms with Gasteiger partial charge < -0.3 is 20.7 Å². The predicted octanol–water partition coefficient (Wildman–Crippen LogP) is 4.11. The number of anilines is 1. The van der Waals surface area contributed by atoms with Crippen molar-refractivity contribution in [3.8, 4) is 5.75 Å². The van der Waals surface area contributed by atoms with Crippen LogP contribution < -0.4 is 20.7 Å². The van der Waals surface area contributed by atoms with Crippen molar-refractivity contribution in [2.24, 2.45) is 10.9 Å². The summed E-state index contributed by atoms with van der Waals surface area (Å²) in [6.45, 7) is 9.17. The fourth-order valence-electron chi connectivity index (χ4n) is 2.75. The first-order valence-electron chi connectivity index (χ1n) is 9.94. The molecule has 2 aromatic rings. The lowest BCUT2D eigenvalue weighted by Gasteiger charge is -2.19. The van der Waals surface area contributed by atoms with Gasteiger partial charge in [-0.15, -0.1) is 0 Å². The first-order chi connectivity index (χ1) is 13.9. The predicted molar refractivity (Wildman–Crippen MR) is 119 cm³/mol. The number of hydrogen-bond acceptors (Lipinski definition) is 3. The molecule has 0 saturated carbocycles. The smallest absolute Gasteiger partial charge is 0.221 e. The molecule has 2 rings (SSSR count). The van der Waals surface area contributed by atoms with Crippen LogP contribution in [0.25, 0.3) is 0 Å². The number of rotatable bonds is 8. The first kappa shape index (κ1) is 22.3. The van der Waals surface area contributed by atoms with Gasteiger partial charge >= 0.3 is 0 Å². The number of carbonyl (C=O) groups excluding carboxylic acids is 1. The van der Waals surface area contributed by atoms with Gasteiger partial charge in [0, 0.05) is 26.2 Å². The topological polar surface area (TPSA) is 74.8 Å². The van der Waals surface area contributed by atoms with Crippen molar-refractivity contribution in [1.82, 2.24) is 10.6 Å². The van der Waals surface area contributed by atoms with Gasteiger partial charge in [-0.25, -0.2) is 0 Å². The van der Waals surface area contributed by atoms with Gasteiger partial charge in [-0.2, -0.15) is 0 Å². The number of nitrogens with one attached hydrogen (secondary N) is 3. The summed E-state index contributed by atoms with van der Waals surface area (Å²) in [5.74, 6) is 2.02. The molecule has 0 aromatic heterocycles. The SMILES string of the molecule is CN=C(NCc1cccc(NC(C)=O)c1)NC(C)c1ccc(OCC(C)C)cc1. The summed E-state index contributed by atoms with van der Waals surface area (Å²) >= 11 is 0. The molecule has 0 aliphatic carbocycles. The summed E-state index contributed by atoms with van der Waals surface area (Å²) < 4.78 is 5.74. The van der Waals surface area contributed by atoms with Crippen LogP contribution in [-0.4, -0.2) is 25.5 Å². The molecule has 6 nitrogen and oxygen atoms in total. The van der Waals surface area contributed by atoms with Crippen LogP contribution >= 0.6 is 0 Å². The maximum Gasteiger partial charge on any atom is 0.221 e. The molecule has 2 aromatic carbocycles. The van der Waals surface area contributed by atoms with Gasteiger partial charge in [0.15, 0.2) is 5.96 Å². The molecule has 6 heteroatoms. The van der Waals surface area contributed by atoms with E-state index in [1.54, 1.807) is 7.05 Å². The quantitative estimate of drug-likeness (QED) is 0.464. The fourth-order valence-corrected chi connectivity index (χ4v) is 2.75. The molecule has 156 valence electrons. The number of ether oxygens (including phenoxy) is 1. The van der Waals surface area contributed by atoms with Crippen LogP contribution in [0, 0.1) is 5.92 Å². The van der Waals surface area contributed by atoms with E-state index >= 15 is 0 Å². The molecule has 0 saturated heterocycles. The van der Waals surface area contributed by atoms with Crippen molar-refractivity contribution in [3.63, 3.8) is 0 Å². The number of benzene rings is 2. The number of aliphatic imine (C=N–C) groups is 1. The van der Waals surface area contributed by atoms with Crippen LogP contribution in [0.2, 0.25) is 0 Å². The van der Waals surface area contributed by atoms with Crippen molar-refractivity contribution in [2.45, 2.75) is 40.3 Å². The Bertz CT molecular complexity index is 816. The first-order valence-corrected chi connectivity index (χ1v) is 9.94. The standard InChI is InChI=1S/C23H32N4O2/c1-16(2)15-29-22-11-9-20(10-12-22)17(3)26-23(24-5)25-14-19-7-6-8-21(13-19)27-18(4)28/h6-13,16-17H,14-15H2,1-5H3,(H,27,28)(H2,24,25,26). The summed E-state index contributed by atoms with van der Waals surface area (Å²) in [6.07, 6.45) is 0. The highest BCUT2D eigenvalue weighted by atomic mass is 16.5. The normalized spacial score (nSPS) is 12.4. The second-order valence-electron chi connectivity index (χ2n) is 7.45. The molecule has 0 aliphatic rings. The molecule has 0 spiro atoms. The zero-order valence-corrected chi connectivity index (χ0v) is 18.0. The maximum absolute atomic E-state index is 11.2. The van der Waals surface area contributed by atoms with Gasteiger partial charge in [0.05, 0.1) is 12.6 Å². The van der Waals surface area contributed by atoms with Crippen molar-refractivity contribution >= 4 is 17.6 Å². The number of nitrogens with zero attached hydrogens (tertiary/aromatic N) is 1. The van der Waals surface area contributed by atoms with Crippen molar-refractivity contribution in [3.05, 3.63) is 59.7 Å². The van der Waals surface area contributed by atoms with Crippen molar-refractivity contribution < 1.29 is 9.53 Å². The van der Waals surface area contributed by atoms with E-state index in [0.717, 1.165) is 22.6 Å². The molecule has 0 radical (unpaired) electrons. The van der Waals surface area contributed by atoms with Crippen LogP contribution in [0.3, 0.4) is 0 Å². The van der Waals surface area contributed by atoms with Crippen molar-refractivity contribution in [2.75, 3.05) is 19.0 Å². The zero-order valence-electron chi connectivity index (χ0n) is 18.0. The lowest BCUT2D eigenvalue weighted by molar-refractivity contribution is -0.114. The summed E-state index contributed by atoms with van der Waals surface area (Å²) in [4.78, 5) is 15.5. The minimum Gasteiger partial charge on any atom is -0.493 e. The Labute approximate surface area is 173 Å². The molecule has 0 fully saturated rings. The van der Waals surface area contributed by atoms with E-state index in [1.807, 2.05) is 36.4 Å². The summed E-state index contributed by atoms with van der Waals surface area (Å²) in [5, 5.41) is 9.51. The summed E-state index contributed by atoms with van der Waals surface area (Å²) in [7, 11) is 1.75. The Hall–Kier alpha value is -3.02. The van der Waals surface area contributed by atoms with E-state index in [1.165, 1.54) is 6.92 Å².